The number of aliphatic hydroxyl groups is 1. The van der Waals surface area contributed by atoms with E-state index in [1.807, 2.05) is 60.7 Å². The Labute approximate surface area is 226 Å². The lowest BCUT2D eigenvalue weighted by Crippen LogP contribution is -2.42. The molecule has 204 valence electrons. The van der Waals surface area contributed by atoms with Crippen LogP contribution in [0.4, 0.5) is 0 Å². The largest absolute Gasteiger partial charge is 0.463 e. The first kappa shape index (κ1) is 30.5. The molecule has 7 nitrogen and oxygen atoms in total. The Morgan fingerprint density at radius 1 is 0.947 bits per heavy atom. The first-order valence-corrected chi connectivity index (χ1v) is 13.0. The van der Waals surface area contributed by atoms with Crippen molar-refractivity contribution < 1.29 is 24.2 Å². The first-order chi connectivity index (χ1) is 18.4. The highest BCUT2D eigenvalue weighted by atomic mass is 16.5. The van der Waals surface area contributed by atoms with Gasteiger partial charge in [0, 0.05) is 19.5 Å². The Morgan fingerprint density at radius 3 is 2.11 bits per heavy atom. The SMILES string of the molecule is C=CC[C@H](CC(=O)N(CCO)Cc1ccccc1)C(=O)N[C@@H](C)COC(=O)[C@H](CC=C)Cc1ccccc1. The van der Waals surface area contributed by atoms with E-state index in [-0.39, 0.29) is 49.9 Å². The smallest absolute Gasteiger partial charge is 0.309 e. The highest BCUT2D eigenvalue weighted by Gasteiger charge is 2.26. The Morgan fingerprint density at radius 2 is 1.53 bits per heavy atom. The van der Waals surface area contributed by atoms with E-state index in [0.717, 1.165) is 11.1 Å². The summed E-state index contributed by atoms with van der Waals surface area (Å²) < 4.78 is 5.52. The quantitative estimate of drug-likeness (QED) is 0.242. The molecule has 0 heterocycles. The van der Waals surface area contributed by atoms with E-state index in [1.54, 1.807) is 24.0 Å². The minimum absolute atomic E-state index is 0.0182. The monoisotopic (exact) mass is 520 g/mol. The summed E-state index contributed by atoms with van der Waals surface area (Å²) in [5, 5.41) is 12.3. The number of nitrogens with zero attached hydrogens (tertiary/aromatic N) is 1. The van der Waals surface area contributed by atoms with Crippen LogP contribution in [0.1, 0.15) is 37.3 Å². The first-order valence-electron chi connectivity index (χ1n) is 13.0. The summed E-state index contributed by atoms with van der Waals surface area (Å²) >= 11 is 0. The fraction of sp³-hybridized carbons (Fsp3) is 0.387. The van der Waals surface area contributed by atoms with Crippen molar-refractivity contribution in [2.24, 2.45) is 11.8 Å². The summed E-state index contributed by atoms with van der Waals surface area (Å²) in [6.07, 6.45) is 4.65. The predicted octanol–water partition coefficient (Wildman–Crippen LogP) is 4.07. The van der Waals surface area contributed by atoms with Gasteiger partial charge < -0.3 is 20.1 Å². The lowest BCUT2D eigenvalue weighted by atomic mass is 9.96. The molecular weight excluding hydrogens is 480 g/mol. The summed E-state index contributed by atoms with van der Waals surface area (Å²) in [4.78, 5) is 40.3. The number of allylic oxidation sites excluding steroid dienone is 2. The highest BCUT2D eigenvalue weighted by molar-refractivity contribution is 5.86. The van der Waals surface area contributed by atoms with Crippen molar-refractivity contribution in [2.75, 3.05) is 19.8 Å². The molecule has 0 aliphatic heterocycles. The zero-order valence-electron chi connectivity index (χ0n) is 22.3. The van der Waals surface area contributed by atoms with Gasteiger partial charge in [0.1, 0.15) is 6.61 Å². The van der Waals surface area contributed by atoms with Crippen LogP contribution in [0.15, 0.2) is 86.0 Å². The third-order valence-electron chi connectivity index (χ3n) is 6.16. The van der Waals surface area contributed by atoms with Crippen LogP contribution in [0.2, 0.25) is 0 Å². The van der Waals surface area contributed by atoms with Gasteiger partial charge in [-0.15, -0.1) is 13.2 Å². The van der Waals surface area contributed by atoms with Crippen LogP contribution in [0.25, 0.3) is 0 Å². The number of hydrogen-bond acceptors (Lipinski definition) is 5. The van der Waals surface area contributed by atoms with E-state index < -0.39 is 12.0 Å². The van der Waals surface area contributed by atoms with Gasteiger partial charge in [0.15, 0.2) is 0 Å². The molecule has 2 aromatic rings. The summed E-state index contributed by atoms with van der Waals surface area (Å²) in [6, 6.07) is 18.8. The average molecular weight is 521 g/mol. The Bertz CT molecular complexity index is 1030. The van der Waals surface area contributed by atoms with Crippen molar-refractivity contribution in [3.8, 4) is 0 Å². The van der Waals surface area contributed by atoms with Crippen molar-refractivity contribution in [3.05, 3.63) is 97.1 Å². The molecule has 0 fully saturated rings. The minimum Gasteiger partial charge on any atom is -0.463 e. The molecule has 7 heteroatoms. The van der Waals surface area contributed by atoms with Crippen molar-refractivity contribution in [3.63, 3.8) is 0 Å². The number of benzene rings is 2. The highest BCUT2D eigenvalue weighted by Crippen LogP contribution is 2.16. The number of amides is 2. The Kier molecular flexibility index (Phi) is 13.6. The molecule has 2 amide bonds. The van der Waals surface area contributed by atoms with Crippen LogP contribution in [0, 0.1) is 11.8 Å². The predicted molar refractivity (Wildman–Crippen MR) is 149 cm³/mol. The second-order valence-corrected chi connectivity index (χ2v) is 9.40. The average Bonchev–Trinajstić information content (AvgIpc) is 2.92. The number of carbonyl (C=O) groups excluding carboxylic acids is 3. The molecule has 38 heavy (non-hydrogen) atoms. The van der Waals surface area contributed by atoms with Gasteiger partial charge in [-0.25, -0.2) is 0 Å². The molecule has 2 N–H and O–H groups in total. The molecule has 0 spiro atoms. The molecule has 0 radical (unpaired) electrons. The van der Waals surface area contributed by atoms with E-state index >= 15 is 0 Å². The third kappa shape index (κ3) is 10.7. The van der Waals surface area contributed by atoms with Crippen LogP contribution in [0.5, 0.6) is 0 Å². The van der Waals surface area contributed by atoms with Gasteiger partial charge in [-0.2, -0.15) is 0 Å². The molecule has 2 rings (SSSR count). The van der Waals surface area contributed by atoms with Gasteiger partial charge in [-0.05, 0) is 37.3 Å². The maximum atomic E-state index is 13.0. The van der Waals surface area contributed by atoms with Gasteiger partial charge in [-0.3, -0.25) is 14.4 Å². The maximum absolute atomic E-state index is 13.0. The molecule has 0 aliphatic carbocycles. The lowest BCUT2D eigenvalue weighted by molar-refractivity contribution is -0.149. The zero-order chi connectivity index (χ0) is 27.8. The van der Waals surface area contributed by atoms with Crippen LogP contribution in [0.3, 0.4) is 0 Å². The minimum atomic E-state index is -0.623. The van der Waals surface area contributed by atoms with Crippen molar-refractivity contribution >= 4 is 17.8 Å². The molecule has 2 aromatic carbocycles. The van der Waals surface area contributed by atoms with Crippen molar-refractivity contribution in [2.45, 2.75) is 45.2 Å². The summed E-state index contributed by atoms with van der Waals surface area (Å²) in [5.41, 5.74) is 1.98. The molecule has 0 bridgehead atoms. The van der Waals surface area contributed by atoms with Crippen LogP contribution in [-0.4, -0.2) is 53.6 Å². The van der Waals surface area contributed by atoms with E-state index in [2.05, 4.69) is 18.5 Å². The zero-order valence-corrected chi connectivity index (χ0v) is 22.3. The summed E-state index contributed by atoms with van der Waals surface area (Å²) in [7, 11) is 0. The summed E-state index contributed by atoms with van der Waals surface area (Å²) in [6.45, 7) is 9.61. The summed E-state index contributed by atoms with van der Waals surface area (Å²) in [5.74, 6) is -1.85. The Hall–Kier alpha value is -3.71. The van der Waals surface area contributed by atoms with Crippen LogP contribution >= 0.6 is 0 Å². The second kappa shape index (κ2) is 16.9. The normalized spacial score (nSPS) is 13.0. The van der Waals surface area contributed by atoms with Crippen LogP contribution in [-0.2, 0) is 32.1 Å². The van der Waals surface area contributed by atoms with Gasteiger partial charge in [0.05, 0.1) is 24.5 Å². The number of ether oxygens (including phenoxy) is 1. The molecule has 0 unspecified atom stereocenters. The van der Waals surface area contributed by atoms with E-state index in [9.17, 15) is 19.5 Å². The molecule has 0 saturated carbocycles. The number of carbonyl (C=O) groups is 3. The van der Waals surface area contributed by atoms with Crippen molar-refractivity contribution in [1.82, 2.24) is 10.2 Å². The third-order valence-corrected chi connectivity index (χ3v) is 6.16. The standard InChI is InChI=1S/C31H40N2O5/c1-4-12-27(21-29(35)33(18-19-34)22-26-16-10-7-11-17-26)30(36)32-24(3)23-38-31(37)28(13-5-2)20-25-14-8-6-9-15-25/h4-11,14-17,24,27-28,34H,1-2,12-13,18-23H2,3H3,(H,32,36)/t24-,27+,28+/m0/s1. The fourth-order valence-corrected chi connectivity index (χ4v) is 4.13. The lowest BCUT2D eigenvalue weighted by Gasteiger charge is -2.25. The van der Waals surface area contributed by atoms with Gasteiger partial charge in [-0.1, -0.05) is 72.8 Å². The van der Waals surface area contributed by atoms with Crippen LogP contribution < -0.4 is 5.32 Å². The second-order valence-electron chi connectivity index (χ2n) is 9.40. The topological polar surface area (TPSA) is 95.9 Å². The van der Waals surface area contributed by atoms with E-state index in [4.69, 9.17) is 4.74 Å². The molecular formula is C31H40N2O5. The maximum Gasteiger partial charge on any atom is 0.309 e. The number of aliphatic hydroxyl groups excluding tert-OH is 1. The fourth-order valence-electron chi connectivity index (χ4n) is 4.13. The van der Waals surface area contributed by atoms with E-state index in [0.29, 0.717) is 25.8 Å². The van der Waals surface area contributed by atoms with Gasteiger partial charge >= 0.3 is 5.97 Å². The van der Waals surface area contributed by atoms with Gasteiger partial charge in [0.2, 0.25) is 11.8 Å². The number of rotatable bonds is 17. The molecule has 3 atom stereocenters. The van der Waals surface area contributed by atoms with Crippen molar-refractivity contribution in [1.29, 1.82) is 0 Å². The number of hydrogen-bond donors (Lipinski definition) is 2. The number of nitrogens with one attached hydrogen (secondary N) is 1. The van der Waals surface area contributed by atoms with Gasteiger partial charge in [0.25, 0.3) is 0 Å². The molecule has 0 saturated heterocycles. The molecule has 0 aliphatic rings. The number of esters is 1. The van der Waals surface area contributed by atoms with E-state index in [1.165, 1.54) is 0 Å². The Balaban J connectivity index is 1.92. The molecule has 0 aromatic heterocycles.